The van der Waals surface area contributed by atoms with E-state index in [1.165, 1.54) is 16.7 Å². The Kier molecular flexibility index (Phi) is 5.77. The first kappa shape index (κ1) is 17.8. The van der Waals surface area contributed by atoms with Crippen LogP contribution in [0.5, 0.6) is 0 Å². The molecule has 0 bridgehead atoms. The molecule has 0 amide bonds. The Labute approximate surface area is 159 Å². The second-order valence-electron chi connectivity index (χ2n) is 6.07. The van der Waals surface area contributed by atoms with Crippen molar-refractivity contribution < 1.29 is 0 Å². The number of hydrazone groups is 1. The summed E-state index contributed by atoms with van der Waals surface area (Å²) in [5, 5.41) is 7.96. The molecule has 130 valence electrons. The maximum absolute atomic E-state index is 5.29. The topological polar surface area (TPSA) is 36.4 Å². The summed E-state index contributed by atoms with van der Waals surface area (Å²) in [5.74, 6) is 0. The fourth-order valence-corrected chi connectivity index (χ4v) is 2.69. The molecular formula is C22H21N3S. The highest BCUT2D eigenvalue weighted by atomic mass is 32.1. The highest BCUT2D eigenvalue weighted by Crippen LogP contribution is 2.19. The van der Waals surface area contributed by atoms with Crippen LogP contribution in [0.25, 0.3) is 11.1 Å². The molecule has 0 atom stereocenters. The predicted molar refractivity (Wildman–Crippen MR) is 115 cm³/mol. The second kappa shape index (κ2) is 8.41. The Morgan fingerprint density at radius 3 is 2.08 bits per heavy atom. The number of benzene rings is 3. The summed E-state index contributed by atoms with van der Waals surface area (Å²) in [5.41, 5.74) is 9.36. The molecular weight excluding hydrogens is 338 g/mol. The zero-order chi connectivity index (χ0) is 18.4. The molecule has 3 aromatic rings. The summed E-state index contributed by atoms with van der Waals surface area (Å²) in [6.45, 7) is 4.01. The number of aryl methyl sites for hydroxylation is 1. The fraction of sp³-hybridized carbons (Fsp3) is 0.0909. The average molecular weight is 359 g/mol. The molecule has 3 aromatic carbocycles. The van der Waals surface area contributed by atoms with Gasteiger partial charge in [-0.25, -0.2) is 0 Å². The molecule has 0 aliphatic carbocycles. The van der Waals surface area contributed by atoms with Gasteiger partial charge in [0.05, 0.1) is 5.71 Å². The number of nitrogens with one attached hydrogen (secondary N) is 2. The summed E-state index contributed by atoms with van der Waals surface area (Å²) in [7, 11) is 0. The van der Waals surface area contributed by atoms with E-state index in [1.54, 1.807) is 0 Å². The molecule has 2 N–H and O–H groups in total. The number of anilines is 1. The van der Waals surface area contributed by atoms with Gasteiger partial charge in [-0.3, -0.25) is 5.43 Å². The fourth-order valence-electron chi connectivity index (χ4n) is 2.53. The van der Waals surface area contributed by atoms with Gasteiger partial charge >= 0.3 is 0 Å². The molecule has 0 saturated heterocycles. The summed E-state index contributed by atoms with van der Waals surface area (Å²) >= 11 is 5.29. The van der Waals surface area contributed by atoms with Crippen molar-refractivity contribution in [3.63, 3.8) is 0 Å². The second-order valence-corrected chi connectivity index (χ2v) is 6.48. The van der Waals surface area contributed by atoms with Crippen LogP contribution in [0.15, 0.2) is 84.0 Å². The Bertz CT molecular complexity index is 898. The lowest BCUT2D eigenvalue weighted by Gasteiger charge is -2.09. The molecule has 0 fully saturated rings. The highest BCUT2D eigenvalue weighted by molar-refractivity contribution is 7.80. The van der Waals surface area contributed by atoms with E-state index < -0.39 is 0 Å². The highest BCUT2D eigenvalue weighted by Gasteiger charge is 2.01. The van der Waals surface area contributed by atoms with Gasteiger partial charge < -0.3 is 5.32 Å². The molecule has 0 aliphatic rings. The van der Waals surface area contributed by atoms with E-state index in [1.807, 2.05) is 49.4 Å². The van der Waals surface area contributed by atoms with Crippen LogP contribution in [0.3, 0.4) is 0 Å². The molecule has 0 saturated carbocycles. The normalized spacial score (nSPS) is 11.1. The summed E-state index contributed by atoms with van der Waals surface area (Å²) in [6.07, 6.45) is 0. The SMILES string of the molecule is CC(=NNC(=S)Nc1ccc(C)cc1)c1ccc(-c2ccccc2)cc1. The zero-order valence-corrected chi connectivity index (χ0v) is 15.7. The Hall–Kier alpha value is -2.98. The first-order valence-electron chi connectivity index (χ1n) is 8.45. The van der Waals surface area contributed by atoms with Crippen molar-refractivity contribution in [2.75, 3.05) is 5.32 Å². The van der Waals surface area contributed by atoms with Crippen LogP contribution in [0, 0.1) is 6.92 Å². The van der Waals surface area contributed by atoms with Crippen LogP contribution in [0.4, 0.5) is 5.69 Å². The molecule has 0 unspecified atom stereocenters. The van der Waals surface area contributed by atoms with Gasteiger partial charge in [0.1, 0.15) is 0 Å². The predicted octanol–water partition coefficient (Wildman–Crippen LogP) is 5.37. The molecule has 0 aliphatic heterocycles. The van der Waals surface area contributed by atoms with Crippen molar-refractivity contribution in [1.82, 2.24) is 5.43 Å². The van der Waals surface area contributed by atoms with Gasteiger partial charge in [-0.2, -0.15) is 5.10 Å². The third-order valence-corrected chi connectivity index (χ3v) is 4.24. The quantitative estimate of drug-likeness (QED) is 0.373. The largest absolute Gasteiger partial charge is 0.331 e. The number of nitrogens with zero attached hydrogens (tertiary/aromatic N) is 1. The maximum Gasteiger partial charge on any atom is 0.191 e. The van der Waals surface area contributed by atoms with Crippen molar-refractivity contribution in [2.45, 2.75) is 13.8 Å². The minimum Gasteiger partial charge on any atom is -0.331 e. The lowest BCUT2D eigenvalue weighted by molar-refractivity contribution is 1.04. The first-order valence-corrected chi connectivity index (χ1v) is 8.86. The average Bonchev–Trinajstić information content (AvgIpc) is 2.69. The van der Waals surface area contributed by atoms with E-state index in [2.05, 4.69) is 59.2 Å². The Morgan fingerprint density at radius 1 is 0.808 bits per heavy atom. The van der Waals surface area contributed by atoms with Gasteiger partial charge in [-0.1, -0.05) is 72.3 Å². The van der Waals surface area contributed by atoms with Crippen molar-refractivity contribution in [1.29, 1.82) is 0 Å². The Balaban J connectivity index is 1.62. The maximum atomic E-state index is 5.29. The minimum atomic E-state index is 0.467. The molecule has 0 radical (unpaired) electrons. The minimum absolute atomic E-state index is 0.467. The number of thiocarbonyl (C=S) groups is 1. The van der Waals surface area contributed by atoms with Crippen molar-refractivity contribution >= 4 is 28.7 Å². The molecule has 0 aromatic heterocycles. The number of rotatable bonds is 4. The van der Waals surface area contributed by atoms with Crippen LogP contribution in [0.2, 0.25) is 0 Å². The molecule has 26 heavy (non-hydrogen) atoms. The van der Waals surface area contributed by atoms with E-state index in [0.717, 1.165) is 17.0 Å². The third-order valence-electron chi connectivity index (χ3n) is 4.04. The van der Waals surface area contributed by atoms with E-state index in [4.69, 9.17) is 12.2 Å². The first-order chi connectivity index (χ1) is 12.6. The van der Waals surface area contributed by atoms with E-state index >= 15 is 0 Å². The smallest absolute Gasteiger partial charge is 0.191 e. The molecule has 0 spiro atoms. The van der Waals surface area contributed by atoms with Crippen LogP contribution in [-0.4, -0.2) is 10.8 Å². The summed E-state index contributed by atoms with van der Waals surface area (Å²) in [4.78, 5) is 0. The van der Waals surface area contributed by atoms with Crippen molar-refractivity contribution in [3.8, 4) is 11.1 Å². The van der Waals surface area contributed by atoms with Crippen molar-refractivity contribution in [2.24, 2.45) is 5.10 Å². The summed E-state index contributed by atoms with van der Waals surface area (Å²) in [6, 6.07) is 26.7. The van der Waals surface area contributed by atoms with Gasteiger partial charge in [0.2, 0.25) is 0 Å². The lowest BCUT2D eigenvalue weighted by Crippen LogP contribution is -2.24. The standard InChI is InChI=1S/C22H21N3S/c1-16-8-14-21(15-9-16)23-22(26)25-24-17(2)18-10-12-20(13-11-18)19-6-4-3-5-7-19/h3-15H,1-2H3,(H2,23,25,26). The monoisotopic (exact) mass is 359 g/mol. The van der Waals surface area contributed by atoms with E-state index in [0.29, 0.717) is 5.11 Å². The van der Waals surface area contributed by atoms with Gasteiger partial charge in [0, 0.05) is 5.69 Å². The molecule has 4 heteroatoms. The Morgan fingerprint density at radius 2 is 1.42 bits per heavy atom. The van der Waals surface area contributed by atoms with Gasteiger partial charge in [-0.15, -0.1) is 0 Å². The van der Waals surface area contributed by atoms with Crippen LogP contribution in [-0.2, 0) is 0 Å². The van der Waals surface area contributed by atoms with Crippen LogP contribution >= 0.6 is 12.2 Å². The van der Waals surface area contributed by atoms with Gasteiger partial charge in [0.15, 0.2) is 5.11 Å². The number of hydrogen-bond acceptors (Lipinski definition) is 2. The van der Waals surface area contributed by atoms with Crippen LogP contribution < -0.4 is 10.7 Å². The van der Waals surface area contributed by atoms with Gasteiger partial charge in [0.25, 0.3) is 0 Å². The number of hydrogen-bond donors (Lipinski definition) is 2. The summed E-state index contributed by atoms with van der Waals surface area (Å²) < 4.78 is 0. The van der Waals surface area contributed by atoms with Crippen LogP contribution in [0.1, 0.15) is 18.1 Å². The van der Waals surface area contributed by atoms with Gasteiger partial charge in [-0.05, 0) is 54.9 Å². The molecule has 3 nitrogen and oxygen atoms in total. The lowest BCUT2D eigenvalue weighted by atomic mass is 10.0. The van der Waals surface area contributed by atoms with Crippen molar-refractivity contribution in [3.05, 3.63) is 90.0 Å². The van der Waals surface area contributed by atoms with E-state index in [-0.39, 0.29) is 0 Å². The zero-order valence-electron chi connectivity index (χ0n) is 14.9. The molecule has 0 heterocycles. The molecule has 3 rings (SSSR count). The third kappa shape index (κ3) is 4.77. The van der Waals surface area contributed by atoms with E-state index in [9.17, 15) is 0 Å².